The zero-order valence-corrected chi connectivity index (χ0v) is 15.5. The summed E-state index contributed by atoms with van der Waals surface area (Å²) in [7, 11) is 3.30. The molecule has 0 aliphatic carbocycles. The van der Waals surface area contributed by atoms with Gasteiger partial charge < -0.3 is 20.1 Å². The molecule has 0 fully saturated rings. The molecule has 0 bridgehead atoms. The van der Waals surface area contributed by atoms with E-state index in [1.54, 1.807) is 27.2 Å². The summed E-state index contributed by atoms with van der Waals surface area (Å²) in [5.41, 5.74) is 1.47. The molecule has 7 heteroatoms. The van der Waals surface area contributed by atoms with Crippen molar-refractivity contribution in [3.05, 3.63) is 47.4 Å². The van der Waals surface area contributed by atoms with Crippen LogP contribution in [-0.4, -0.2) is 49.8 Å². The Hall–Kier alpha value is -2.67. The van der Waals surface area contributed by atoms with Crippen molar-refractivity contribution in [2.24, 2.45) is 0 Å². The molecule has 1 amide bonds. The van der Waals surface area contributed by atoms with Crippen LogP contribution in [0.5, 0.6) is 5.75 Å². The van der Waals surface area contributed by atoms with Crippen LogP contribution in [0.1, 0.15) is 28.3 Å². The van der Waals surface area contributed by atoms with E-state index >= 15 is 0 Å². The molecule has 2 N–H and O–H groups in total. The molecule has 26 heavy (non-hydrogen) atoms. The number of hydrogen-bond donors (Lipinski definition) is 2. The number of anilines is 1. The van der Waals surface area contributed by atoms with E-state index in [9.17, 15) is 4.79 Å². The Morgan fingerprint density at radius 3 is 2.73 bits per heavy atom. The number of aromatic nitrogens is 2. The average molecular weight is 358 g/mol. The molecular weight excluding hydrogens is 332 g/mol. The minimum absolute atomic E-state index is 0.209. The lowest BCUT2D eigenvalue weighted by Crippen LogP contribution is -2.26. The summed E-state index contributed by atoms with van der Waals surface area (Å²) in [5, 5.41) is 6.08. The summed E-state index contributed by atoms with van der Waals surface area (Å²) in [4.78, 5) is 20.8. The molecule has 2 aromatic rings. The zero-order valence-electron chi connectivity index (χ0n) is 15.5. The maximum absolute atomic E-state index is 12.2. The van der Waals surface area contributed by atoms with E-state index in [0.717, 1.165) is 24.2 Å². The summed E-state index contributed by atoms with van der Waals surface area (Å²) in [5.74, 6) is 1.84. The molecule has 1 heterocycles. The van der Waals surface area contributed by atoms with Crippen LogP contribution in [-0.2, 0) is 11.2 Å². The number of para-hydroxylation sites is 1. The predicted molar refractivity (Wildman–Crippen MR) is 101 cm³/mol. The van der Waals surface area contributed by atoms with E-state index in [2.05, 4.69) is 20.6 Å². The van der Waals surface area contributed by atoms with Crippen molar-refractivity contribution < 1.29 is 14.3 Å². The molecule has 1 aromatic carbocycles. The van der Waals surface area contributed by atoms with Crippen molar-refractivity contribution in [2.75, 3.05) is 39.2 Å². The molecule has 1 aromatic heterocycles. The maximum atomic E-state index is 12.2. The van der Waals surface area contributed by atoms with Gasteiger partial charge in [-0.2, -0.15) is 0 Å². The van der Waals surface area contributed by atoms with Gasteiger partial charge in [-0.05, 0) is 31.4 Å². The molecule has 0 aliphatic rings. The van der Waals surface area contributed by atoms with Crippen LogP contribution in [0.25, 0.3) is 0 Å². The average Bonchev–Trinajstić information content (AvgIpc) is 2.65. The molecule has 2 rings (SSSR count). The van der Waals surface area contributed by atoms with E-state index in [0.29, 0.717) is 37.0 Å². The highest BCUT2D eigenvalue weighted by molar-refractivity contribution is 5.92. The van der Waals surface area contributed by atoms with Gasteiger partial charge in [0.1, 0.15) is 23.1 Å². The van der Waals surface area contributed by atoms with Crippen LogP contribution in [0.2, 0.25) is 0 Å². The number of rotatable bonds is 10. The second-order valence-electron chi connectivity index (χ2n) is 5.78. The summed E-state index contributed by atoms with van der Waals surface area (Å²) >= 11 is 0. The largest absolute Gasteiger partial charge is 0.496 e. The number of benzene rings is 1. The summed E-state index contributed by atoms with van der Waals surface area (Å²) in [6.45, 7) is 3.60. The lowest BCUT2D eigenvalue weighted by molar-refractivity contribution is 0.0943. The first kappa shape index (κ1) is 19.7. The molecule has 0 atom stereocenters. The van der Waals surface area contributed by atoms with Crippen LogP contribution >= 0.6 is 0 Å². The highest BCUT2D eigenvalue weighted by Gasteiger charge is 2.10. The Labute approximate surface area is 154 Å². The molecule has 0 radical (unpaired) electrons. The smallest absolute Gasteiger partial charge is 0.270 e. The topological polar surface area (TPSA) is 85.4 Å². The van der Waals surface area contributed by atoms with E-state index in [-0.39, 0.29) is 5.91 Å². The highest BCUT2D eigenvalue weighted by atomic mass is 16.5. The molecule has 0 saturated heterocycles. The molecule has 140 valence electrons. The molecule has 0 aliphatic heterocycles. The summed E-state index contributed by atoms with van der Waals surface area (Å²) in [6, 6.07) is 9.57. The monoisotopic (exact) mass is 358 g/mol. The van der Waals surface area contributed by atoms with Crippen molar-refractivity contribution in [1.82, 2.24) is 15.3 Å². The van der Waals surface area contributed by atoms with Crippen molar-refractivity contribution in [3.8, 4) is 5.75 Å². The summed E-state index contributed by atoms with van der Waals surface area (Å²) < 4.78 is 10.3. The van der Waals surface area contributed by atoms with E-state index in [4.69, 9.17) is 9.47 Å². The fourth-order valence-electron chi connectivity index (χ4n) is 2.52. The molecule has 7 nitrogen and oxygen atoms in total. The minimum Gasteiger partial charge on any atom is -0.496 e. The van der Waals surface area contributed by atoms with Gasteiger partial charge in [0.25, 0.3) is 5.91 Å². The van der Waals surface area contributed by atoms with Gasteiger partial charge >= 0.3 is 0 Å². The Kier molecular flexibility index (Phi) is 7.82. The Balaban J connectivity index is 1.93. The quantitative estimate of drug-likeness (QED) is 0.634. The van der Waals surface area contributed by atoms with Crippen LogP contribution in [0.4, 0.5) is 5.82 Å². The van der Waals surface area contributed by atoms with Gasteiger partial charge in [0.05, 0.1) is 7.11 Å². The number of amides is 1. The third kappa shape index (κ3) is 6.00. The Bertz CT molecular complexity index is 722. The first-order chi connectivity index (χ1) is 12.6. The van der Waals surface area contributed by atoms with Crippen LogP contribution in [0.3, 0.4) is 0 Å². The number of nitrogens with one attached hydrogen (secondary N) is 2. The van der Waals surface area contributed by atoms with Crippen LogP contribution in [0.15, 0.2) is 30.3 Å². The highest BCUT2D eigenvalue weighted by Crippen LogP contribution is 2.17. The Morgan fingerprint density at radius 1 is 1.15 bits per heavy atom. The van der Waals surface area contributed by atoms with E-state index in [1.165, 1.54) is 0 Å². The third-order valence-electron chi connectivity index (χ3n) is 3.77. The van der Waals surface area contributed by atoms with Gasteiger partial charge in [-0.3, -0.25) is 4.79 Å². The number of carbonyl (C=O) groups excluding carboxylic acids is 1. The number of aryl methyl sites for hydroxylation is 1. The minimum atomic E-state index is -0.209. The standard InChI is InChI=1S/C19H26N4O3/c1-14-22-16(19(24)21-10-6-12-25-2)13-18(23-14)20-11-9-15-7-4-5-8-17(15)26-3/h4-5,7-8,13H,6,9-12H2,1-3H3,(H,21,24)(H,20,22,23). The van der Waals surface area contributed by atoms with Crippen molar-refractivity contribution >= 4 is 11.7 Å². The molecule has 0 spiro atoms. The predicted octanol–water partition coefficient (Wildman–Crippen LogP) is 2.21. The van der Waals surface area contributed by atoms with Gasteiger partial charge in [0.15, 0.2) is 0 Å². The lowest BCUT2D eigenvalue weighted by atomic mass is 10.1. The molecule has 0 saturated carbocycles. The number of nitrogens with zero attached hydrogens (tertiary/aromatic N) is 2. The van der Waals surface area contributed by atoms with E-state index in [1.807, 2.05) is 24.3 Å². The summed E-state index contributed by atoms with van der Waals surface area (Å²) in [6.07, 6.45) is 1.54. The molecular formula is C19H26N4O3. The van der Waals surface area contributed by atoms with Crippen LogP contribution < -0.4 is 15.4 Å². The Morgan fingerprint density at radius 2 is 1.96 bits per heavy atom. The SMILES string of the molecule is COCCCNC(=O)c1cc(NCCc2ccccc2OC)nc(C)n1. The third-order valence-corrected chi connectivity index (χ3v) is 3.77. The fourth-order valence-corrected chi connectivity index (χ4v) is 2.52. The van der Waals surface area contributed by atoms with Gasteiger partial charge in [0, 0.05) is 32.9 Å². The van der Waals surface area contributed by atoms with Gasteiger partial charge in [0.2, 0.25) is 0 Å². The van der Waals surface area contributed by atoms with Gasteiger partial charge in [-0.1, -0.05) is 18.2 Å². The van der Waals surface area contributed by atoms with Gasteiger partial charge in [-0.15, -0.1) is 0 Å². The number of methoxy groups -OCH3 is 2. The maximum Gasteiger partial charge on any atom is 0.270 e. The fraction of sp³-hybridized carbons (Fsp3) is 0.421. The van der Waals surface area contributed by atoms with Gasteiger partial charge in [-0.25, -0.2) is 9.97 Å². The van der Waals surface area contributed by atoms with Crippen molar-refractivity contribution in [2.45, 2.75) is 19.8 Å². The zero-order chi connectivity index (χ0) is 18.8. The second-order valence-corrected chi connectivity index (χ2v) is 5.78. The van der Waals surface area contributed by atoms with E-state index < -0.39 is 0 Å². The second kappa shape index (κ2) is 10.4. The number of ether oxygens (including phenoxy) is 2. The molecule has 0 unspecified atom stereocenters. The van der Waals surface area contributed by atoms with Crippen molar-refractivity contribution in [1.29, 1.82) is 0 Å². The normalized spacial score (nSPS) is 10.4. The first-order valence-corrected chi connectivity index (χ1v) is 8.62. The van der Waals surface area contributed by atoms with Crippen molar-refractivity contribution in [3.63, 3.8) is 0 Å². The van der Waals surface area contributed by atoms with Crippen LogP contribution in [0, 0.1) is 6.92 Å². The number of hydrogen-bond acceptors (Lipinski definition) is 6. The first-order valence-electron chi connectivity index (χ1n) is 8.62. The number of carbonyl (C=O) groups is 1. The lowest BCUT2D eigenvalue weighted by Gasteiger charge is -2.11.